The molecule has 8 aromatic carbocycles. The largest absolute Gasteiger partial charge is 0.454 e. The van der Waals surface area contributed by atoms with Gasteiger partial charge in [0.1, 0.15) is 22.4 Å². The molecule has 12 aromatic rings. The lowest BCUT2D eigenvalue weighted by molar-refractivity contribution is 0.653. The Morgan fingerprint density at radius 1 is 0.434 bits per heavy atom. The first-order valence-electron chi connectivity index (χ1n) is 17.8. The minimum absolute atomic E-state index is 0.502. The average Bonchev–Trinajstić information content (AvgIpc) is 3.91. The molecule has 4 aromatic heterocycles. The van der Waals surface area contributed by atoms with Crippen molar-refractivity contribution < 1.29 is 8.83 Å². The molecule has 0 aliphatic carbocycles. The van der Waals surface area contributed by atoms with E-state index in [4.69, 9.17) is 18.8 Å². The molecule has 0 N–H and O–H groups in total. The van der Waals surface area contributed by atoms with Crippen LogP contribution in [0.1, 0.15) is 0 Å². The van der Waals surface area contributed by atoms with Crippen LogP contribution in [-0.4, -0.2) is 14.5 Å². The van der Waals surface area contributed by atoms with Crippen LogP contribution in [0.2, 0.25) is 0 Å². The molecule has 0 aliphatic rings. The summed E-state index contributed by atoms with van der Waals surface area (Å²) in [5.41, 5.74) is 9.52. The SMILES string of the molecule is c1ccc(-c2cccc(-c3nc4oc5ccccc5c4nc3-n3c4ccccc4c4c5ccccc5c5c(oc6ccc7ccccc7c65)c43)c2)cc1. The van der Waals surface area contributed by atoms with E-state index in [0.29, 0.717) is 11.5 Å². The van der Waals surface area contributed by atoms with Gasteiger partial charge in [0.2, 0.25) is 5.71 Å². The second-order valence-electron chi connectivity index (χ2n) is 13.7. The maximum atomic E-state index is 7.05. The van der Waals surface area contributed by atoms with Gasteiger partial charge in [-0.3, -0.25) is 4.57 Å². The molecule has 0 spiro atoms. The molecule has 0 saturated carbocycles. The van der Waals surface area contributed by atoms with Gasteiger partial charge in [-0.15, -0.1) is 0 Å². The van der Waals surface area contributed by atoms with E-state index in [9.17, 15) is 0 Å². The summed E-state index contributed by atoms with van der Waals surface area (Å²) in [4.78, 5) is 10.9. The van der Waals surface area contributed by atoms with E-state index >= 15 is 0 Å². The van der Waals surface area contributed by atoms with Crippen LogP contribution in [0.25, 0.3) is 116 Å². The van der Waals surface area contributed by atoms with E-state index < -0.39 is 0 Å². The summed E-state index contributed by atoms with van der Waals surface area (Å²) in [6.07, 6.45) is 0. The van der Waals surface area contributed by atoms with Gasteiger partial charge in [0, 0.05) is 32.5 Å². The van der Waals surface area contributed by atoms with E-state index in [1.54, 1.807) is 0 Å². The fourth-order valence-corrected chi connectivity index (χ4v) is 8.50. The van der Waals surface area contributed by atoms with Crippen LogP contribution < -0.4 is 0 Å². The highest BCUT2D eigenvalue weighted by Gasteiger charge is 2.27. The summed E-state index contributed by atoms with van der Waals surface area (Å²) < 4.78 is 15.7. The molecule has 12 rings (SSSR count). The zero-order valence-electron chi connectivity index (χ0n) is 28.2. The third-order valence-electron chi connectivity index (χ3n) is 10.8. The van der Waals surface area contributed by atoms with Crippen LogP contribution in [0.4, 0.5) is 0 Å². The first kappa shape index (κ1) is 28.5. The van der Waals surface area contributed by atoms with E-state index in [2.05, 4.69) is 144 Å². The highest BCUT2D eigenvalue weighted by Crippen LogP contribution is 2.48. The van der Waals surface area contributed by atoms with Crippen LogP contribution in [0.5, 0.6) is 0 Å². The van der Waals surface area contributed by atoms with Crippen molar-refractivity contribution in [3.8, 4) is 28.2 Å². The summed E-state index contributed by atoms with van der Waals surface area (Å²) >= 11 is 0. The molecule has 0 unspecified atom stereocenters. The number of para-hydroxylation sites is 2. The standard InChI is InChI=1S/C48H27N3O2/c1-2-13-28(14-3-1)30-16-12-17-31(27-30)43-47(49-44-36-22-9-11-24-38(36)53-48(44)50-43)51-37-23-10-8-21-35(37)40-33-19-6-7-20-34(33)42-41-32-18-5-4-15-29(32)25-26-39(41)52-46(42)45(40)51/h1-27H. The summed E-state index contributed by atoms with van der Waals surface area (Å²) in [6, 6.07) is 57.1. The van der Waals surface area contributed by atoms with Crippen LogP contribution >= 0.6 is 0 Å². The Hall–Kier alpha value is -7.24. The maximum absolute atomic E-state index is 7.05. The van der Waals surface area contributed by atoms with Crippen LogP contribution in [0, 0.1) is 0 Å². The summed E-state index contributed by atoms with van der Waals surface area (Å²) in [5.74, 6) is 0.711. The lowest BCUT2D eigenvalue weighted by atomic mass is 9.96. The maximum Gasteiger partial charge on any atom is 0.247 e. The lowest BCUT2D eigenvalue weighted by Gasteiger charge is -2.14. The molecule has 5 nitrogen and oxygen atoms in total. The van der Waals surface area contributed by atoms with E-state index in [1.807, 2.05) is 24.3 Å². The lowest BCUT2D eigenvalue weighted by Crippen LogP contribution is -2.03. The molecule has 0 atom stereocenters. The second-order valence-corrected chi connectivity index (χ2v) is 13.7. The number of aromatic nitrogens is 3. The van der Waals surface area contributed by atoms with Gasteiger partial charge in [-0.25, -0.2) is 9.97 Å². The van der Waals surface area contributed by atoms with Gasteiger partial charge in [-0.05, 0) is 63.0 Å². The van der Waals surface area contributed by atoms with Crippen molar-refractivity contribution in [2.24, 2.45) is 0 Å². The highest BCUT2D eigenvalue weighted by atomic mass is 16.3. The Morgan fingerprint density at radius 3 is 1.98 bits per heavy atom. The second kappa shape index (κ2) is 10.6. The Labute approximate surface area is 302 Å². The Balaban J connectivity index is 1.30. The third kappa shape index (κ3) is 3.96. The number of hydrogen-bond donors (Lipinski definition) is 0. The predicted molar refractivity (Wildman–Crippen MR) is 217 cm³/mol. The van der Waals surface area contributed by atoms with Gasteiger partial charge >= 0.3 is 0 Å². The van der Waals surface area contributed by atoms with Crippen LogP contribution in [0.15, 0.2) is 173 Å². The first-order chi connectivity index (χ1) is 26.3. The number of rotatable bonds is 3. The summed E-state index contributed by atoms with van der Waals surface area (Å²) in [5, 5.41) is 10.0. The molecule has 0 saturated heterocycles. The van der Waals surface area contributed by atoms with Crippen molar-refractivity contribution in [1.29, 1.82) is 0 Å². The van der Waals surface area contributed by atoms with Gasteiger partial charge in [0.15, 0.2) is 11.4 Å². The normalized spacial score (nSPS) is 12.2. The number of furan rings is 2. The van der Waals surface area contributed by atoms with Gasteiger partial charge in [0.25, 0.3) is 0 Å². The smallest absolute Gasteiger partial charge is 0.247 e. The fraction of sp³-hybridized carbons (Fsp3) is 0. The summed E-state index contributed by atoms with van der Waals surface area (Å²) in [6.45, 7) is 0. The molecule has 0 fully saturated rings. The topological polar surface area (TPSA) is 57.0 Å². The summed E-state index contributed by atoms with van der Waals surface area (Å²) in [7, 11) is 0. The van der Waals surface area contributed by atoms with Crippen LogP contribution in [-0.2, 0) is 0 Å². The van der Waals surface area contributed by atoms with Gasteiger partial charge in [0.05, 0.1) is 11.0 Å². The third-order valence-corrected chi connectivity index (χ3v) is 10.8. The fourth-order valence-electron chi connectivity index (χ4n) is 8.50. The Kier molecular flexibility index (Phi) is 5.71. The molecule has 246 valence electrons. The molecule has 0 amide bonds. The van der Waals surface area contributed by atoms with E-state index in [0.717, 1.165) is 93.4 Å². The molecule has 53 heavy (non-hydrogen) atoms. The molecule has 0 aliphatic heterocycles. The zero-order valence-corrected chi connectivity index (χ0v) is 28.2. The van der Waals surface area contributed by atoms with E-state index in [-0.39, 0.29) is 0 Å². The number of hydrogen-bond acceptors (Lipinski definition) is 4. The minimum Gasteiger partial charge on any atom is -0.454 e. The molecule has 0 bridgehead atoms. The van der Waals surface area contributed by atoms with Crippen molar-refractivity contribution >= 4 is 87.5 Å². The monoisotopic (exact) mass is 677 g/mol. The Bertz CT molecular complexity index is 3460. The molecule has 4 heterocycles. The average molecular weight is 678 g/mol. The predicted octanol–water partition coefficient (Wildman–Crippen LogP) is 13.0. The van der Waals surface area contributed by atoms with Gasteiger partial charge < -0.3 is 8.83 Å². The molecular formula is C48H27N3O2. The minimum atomic E-state index is 0.502. The molecule has 5 heteroatoms. The first-order valence-corrected chi connectivity index (χ1v) is 17.8. The van der Waals surface area contributed by atoms with E-state index in [1.165, 1.54) is 10.8 Å². The Morgan fingerprint density at radius 2 is 1.11 bits per heavy atom. The van der Waals surface area contributed by atoms with Crippen molar-refractivity contribution in [3.05, 3.63) is 164 Å². The van der Waals surface area contributed by atoms with Crippen molar-refractivity contribution in [1.82, 2.24) is 14.5 Å². The van der Waals surface area contributed by atoms with Crippen molar-refractivity contribution in [2.75, 3.05) is 0 Å². The van der Waals surface area contributed by atoms with Gasteiger partial charge in [-0.2, -0.15) is 0 Å². The van der Waals surface area contributed by atoms with Crippen LogP contribution in [0.3, 0.4) is 0 Å². The molecule has 0 radical (unpaired) electrons. The van der Waals surface area contributed by atoms with Gasteiger partial charge in [-0.1, -0.05) is 133 Å². The number of fused-ring (bicyclic) bond motifs is 15. The number of benzene rings is 8. The van der Waals surface area contributed by atoms with Crippen molar-refractivity contribution in [3.63, 3.8) is 0 Å². The highest BCUT2D eigenvalue weighted by molar-refractivity contribution is 6.37. The molecular weight excluding hydrogens is 651 g/mol. The zero-order chi connectivity index (χ0) is 34.6. The quantitative estimate of drug-likeness (QED) is 0.187. The van der Waals surface area contributed by atoms with Crippen molar-refractivity contribution in [2.45, 2.75) is 0 Å². The number of nitrogens with zero attached hydrogens (tertiary/aromatic N) is 3.